The number of nitrogens with one attached hydrogen (secondary N) is 1. The summed E-state index contributed by atoms with van der Waals surface area (Å²) in [5.41, 5.74) is 0.455. The first-order valence-electron chi connectivity index (χ1n) is 7.25. The Morgan fingerprint density at radius 3 is 2.00 bits per heavy atom. The van der Waals surface area contributed by atoms with Crippen molar-refractivity contribution in [2.45, 2.75) is 19.8 Å². The molecule has 0 aliphatic carbocycles. The van der Waals surface area contributed by atoms with Crippen molar-refractivity contribution in [1.82, 2.24) is 0 Å². The van der Waals surface area contributed by atoms with Crippen LogP contribution in [-0.4, -0.2) is 10.3 Å². The second kappa shape index (κ2) is 6.45. The molecule has 3 N–H and O–H groups in total. The second-order valence-corrected chi connectivity index (χ2v) is 6.39. The highest BCUT2D eigenvalue weighted by atomic mass is 79.9. The number of hydrogen-bond acceptors (Lipinski definition) is 5. The standard InChI is InChI=1S/C17H16BrNO5/c1-9-3-5-14(23-9)16(15-6-4-10(2)24-15)12-7-11(19(21)22)8-13(18)17(12)20/h3-8,16,19-21H,1-2H3. The first-order chi connectivity index (χ1) is 11.4. The Balaban J connectivity index is 2.23. The monoisotopic (exact) mass is 393 g/mol. The highest BCUT2D eigenvalue weighted by molar-refractivity contribution is 9.10. The molecule has 6 nitrogen and oxygen atoms in total. The number of benzene rings is 1. The van der Waals surface area contributed by atoms with Gasteiger partial charge in [-0.05, 0) is 54.0 Å². The summed E-state index contributed by atoms with van der Waals surface area (Å²) in [5, 5.41) is 30.1. The predicted molar refractivity (Wildman–Crippen MR) is 89.4 cm³/mol. The summed E-state index contributed by atoms with van der Waals surface area (Å²) in [4.78, 5) is 0. The lowest BCUT2D eigenvalue weighted by Gasteiger charge is -2.19. The third kappa shape index (κ3) is 3.11. The zero-order valence-corrected chi connectivity index (χ0v) is 14.6. The first kappa shape index (κ1) is 16.8. The van der Waals surface area contributed by atoms with Crippen molar-refractivity contribution in [3.63, 3.8) is 0 Å². The number of furan rings is 2. The van der Waals surface area contributed by atoms with E-state index >= 15 is 0 Å². The average Bonchev–Trinajstić information content (AvgIpc) is 3.12. The van der Waals surface area contributed by atoms with Crippen molar-refractivity contribution in [2.75, 3.05) is 0 Å². The van der Waals surface area contributed by atoms with Gasteiger partial charge in [0.2, 0.25) is 0 Å². The average molecular weight is 394 g/mol. The summed E-state index contributed by atoms with van der Waals surface area (Å²) in [7, 11) is 0. The van der Waals surface area contributed by atoms with Crippen molar-refractivity contribution < 1.29 is 24.4 Å². The largest absolute Gasteiger partial charge is 0.595 e. The van der Waals surface area contributed by atoms with Crippen molar-refractivity contribution in [3.05, 3.63) is 74.7 Å². The van der Waals surface area contributed by atoms with E-state index in [2.05, 4.69) is 15.9 Å². The maximum Gasteiger partial charge on any atom is 0.165 e. The van der Waals surface area contributed by atoms with E-state index < -0.39 is 11.1 Å². The number of rotatable bonds is 4. The van der Waals surface area contributed by atoms with Crippen LogP contribution in [0.25, 0.3) is 0 Å². The Morgan fingerprint density at radius 1 is 1.04 bits per heavy atom. The predicted octanol–water partition coefficient (Wildman–Crippen LogP) is 3.54. The van der Waals surface area contributed by atoms with Crippen LogP contribution in [0, 0.1) is 19.1 Å². The Morgan fingerprint density at radius 2 is 1.58 bits per heavy atom. The van der Waals surface area contributed by atoms with Crippen LogP contribution in [0.15, 0.2) is 49.7 Å². The van der Waals surface area contributed by atoms with Gasteiger partial charge in [0, 0.05) is 17.7 Å². The van der Waals surface area contributed by atoms with Gasteiger partial charge in [-0.2, -0.15) is 5.23 Å². The lowest BCUT2D eigenvalue weighted by Crippen LogP contribution is -2.99. The molecule has 0 saturated heterocycles. The van der Waals surface area contributed by atoms with E-state index in [4.69, 9.17) is 8.83 Å². The third-order valence-corrected chi connectivity index (χ3v) is 4.35. The fourth-order valence-electron chi connectivity index (χ4n) is 2.63. The molecule has 0 fully saturated rings. The Kier molecular flexibility index (Phi) is 4.51. The maximum atomic E-state index is 11.4. The summed E-state index contributed by atoms with van der Waals surface area (Å²) in [6, 6.07) is 10.00. The quantitative estimate of drug-likeness (QED) is 0.465. The van der Waals surface area contributed by atoms with E-state index in [1.54, 1.807) is 12.1 Å². The molecule has 0 spiro atoms. The zero-order chi connectivity index (χ0) is 17.4. The minimum Gasteiger partial charge on any atom is -0.595 e. The molecule has 126 valence electrons. The Bertz CT molecular complexity index is 827. The summed E-state index contributed by atoms with van der Waals surface area (Å²) < 4.78 is 11.8. The lowest BCUT2D eigenvalue weighted by atomic mass is 9.92. The smallest absolute Gasteiger partial charge is 0.165 e. The van der Waals surface area contributed by atoms with Crippen molar-refractivity contribution >= 4 is 21.6 Å². The van der Waals surface area contributed by atoms with Crippen LogP contribution in [0.3, 0.4) is 0 Å². The number of hydrogen-bond donors (Lipinski definition) is 3. The molecule has 7 heteroatoms. The SMILES string of the molecule is Cc1ccc(C(c2ccc(C)o2)c2cc([NH+]([O-])O)cc(Br)c2O)o1. The minimum atomic E-state index is -1.08. The molecule has 3 aromatic rings. The molecule has 24 heavy (non-hydrogen) atoms. The molecule has 0 radical (unpaired) electrons. The van der Waals surface area contributed by atoms with Gasteiger partial charge in [-0.3, -0.25) is 0 Å². The van der Waals surface area contributed by atoms with E-state index in [0.717, 1.165) is 0 Å². The second-order valence-electron chi connectivity index (χ2n) is 5.53. The summed E-state index contributed by atoms with van der Waals surface area (Å²) >= 11 is 3.21. The fourth-order valence-corrected chi connectivity index (χ4v) is 3.10. The van der Waals surface area contributed by atoms with E-state index in [0.29, 0.717) is 33.1 Å². The Labute approximate surface area is 146 Å². The zero-order valence-electron chi connectivity index (χ0n) is 13.0. The number of halogens is 1. The molecule has 3 rings (SSSR count). The highest BCUT2D eigenvalue weighted by Crippen LogP contribution is 2.42. The van der Waals surface area contributed by atoms with Gasteiger partial charge in [0.05, 0.1) is 4.47 Å². The van der Waals surface area contributed by atoms with Gasteiger partial charge < -0.3 is 19.1 Å². The number of phenolic OH excluding ortho intramolecular Hbond substituents is 1. The molecule has 0 bridgehead atoms. The van der Waals surface area contributed by atoms with Gasteiger partial charge in [-0.25, -0.2) is 5.21 Å². The van der Waals surface area contributed by atoms with E-state index in [9.17, 15) is 15.5 Å². The molecule has 1 aromatic carbocycles. The Hall–Kier alpha value is -2.06. The van der Waals surface area contributed by atoms with Crippen LogP contribution < -0.4 is 5.23 Å². The van der Waals surface area contributed by atoms with Gasteiger partial charge in [0.1, 0.15) is 34.7 Å². The van der Waals surface area contributed by atoms with Crippen molar-refractivity contribution in [3.8, 4) is 5.75 Å². The number of quaternary nitrogens is 1. The molecule has 1 unspecified atom stereocenters. The van der Waals surface area contributed by atoms with Gasteiger partial charge in [-0.1, -0.05) is 0 Å². The molecular formula is C17H16BrNO5. The topological polar surface area (TPSA) is 94.2 Å². The molecule has 0 aliphatic rings. The van der Waals surface area contributed by atoms with Crippen LogP contribution in [0.5, 0.6) is 5.75 Å². The van der Waals surface area contributed by atoms with Gasteiger partial charge in [0.15, 0.2) is 5.69 Å². The summed E-state index contributed by atoms with van der Waals surface area (Å²) in [6.45, 7) is 3.63. The molecule has 2 heterocycles. The fraction of sp³-hybridized carbons (Fsp3) is 0.176. The van der Waals surface area contributed by atoms with Crippen LogP contribution in [-0.2, 0) is 0 Å². The van der Waals surface area contributed by atoms with E-state index in [1.807, 2.05) is 26.0 Å². The number of aryl methyl sites for hydroxylation is 2. The maximum absolute atomic E-state index is 11.4. The minimum absolute atomic E-state index is 0.0480. The number of phenols is 1. The highest BCUT2D eigenvalue weighted by Gasteiger charge is 2.28. The van der Waals surface area contributed by atoms with Crippen molar-refractivity contribution in [1.29, 1.82) is 0 Å². The molecule has 1 atom stereocenters. The van der Waals surface area contributed by atoms with Crippen LogP contribution in [0.2, 0.25) is 0 Å². The molecule has 0 saturated carbocycles. The summed E-state index contributed by atoms with van der Waals surface area (Å²) in [5.74, 6) is 1.95. The van der Waals surface area contributed by atoms with E-state index in [-0.39, 0.29) is 11.4 Å². The number of aromatic hydroxyl groups is 1. The molecule has 0 aliphatic heterocycles. The van der Waals surface area contributed by atoms with Crippen LogP contribution in [0.4, 0.5) is 5.69 Å². The molecule has 0 amide bonds. The van der Waals surface area contributed by atoms with Gasteiger partial charge in [0.25, 0.3) is 0 Å². The van der Waals surface area contributed by atoms with Gasteiger partial charge in [-0.15, -0.1) is 0 Å². The molecular weight excluding hydrogens is 378 g/mol. The van der Waals surface area contributed by atoms with Crippen molar-refractivity contribution in [2.24, 2.45) is 0 Å². The normalized spacial score (nSPS) is 12.8. The lowest BCUT2D eigenvalue weighted by molar-refractivity contribution is -0.991. The first-order valence-corrected chi connectivity index (χ1v) is 8.04. The third-order valence-electron chi connectivity index (χ3n) is 3.74. The summed E-state index contributed by atoms with van der Waals surface area (Å²) in [6.07, 6.45) is 0. The van der Waals surface area contributed by atoms with Crippen LogP contribution in [0.1, 0.15) is 34.5 Å². The van der Waals surface area contributed by atoms with E-state index in [1.165, 1.54) is 12.1 Å². The van der Waals surface area contributed by atoms with Gasteiger partial charge >= 0.3 is 0 Å². The molecule has 2 aromatic heterocycles. The van der Waals surface area contributed by atoms with Crippen LogP contribution >= 0.6 is 15.9 Å².